The van der Waals surface area contributed by atoms with Gasteiger partial charge in [-0.1, -0.05) is 0 Å². The van der Waals surface area contributed by atoms with E-state index in [4.69, 9.17) is 0 Å². The second-order valence-corrected chi connectivity index (χ2v) is 8.71. The van der Waals surface area contributed by atoms with Crippen LogP contribution in [0.1, 0.15) is 13.8 Å². The summed E-state index contributed by atoms with van der Waals surface area (Å²) < 4.78 is 2.34. The molecule has 0 aromatic carbocycles. The summed E-state index contributed by atoms with van der Waals surface area (Å²) in [7, 11) is 4.33. The van der Waals surface area contributed by atoms with Crippen LogP contribution in [0.25, 0.3) is 0 Å². The molecule has 48 valence electrons. The van der Waals surface area contributed by atoms with Crippen molar-refractivity contribution in [1.29, 1.82) is 0 Å². The zero-order valence-electron chi connectivity index (χ0n) is 5.88. The SMILES string of the molecule is CC(C)[P+](=[W])N(C)C. The average molecular weight is 302 g/mol. The van der Waals surface area contributed by atoms with E-state index in [0.717, 1.165) is 5.66 Å². The number of rotatable bonds is 2. The van der Waals surface area contributed by atoms with Gasteiger partial charge in [0.2, 0.25) is 0 Å². The Balaban J connectivity index is 3.65. The number of hydrogen-bond acceptors (Lipinski definition) is 1. The summed E-state index contributed by atoms with van der Waals surface area (Å²) in [6.45, 7) is 4.58. The summed E-state index contributed by atoms with van der Waals surface area (Å²) in [6.07, 6.45) is 0. The standard InChI is InChI=1S/C5H13NP.W/c1-5(2)7-6(3)4;/h5H,1-4H3;/q-1;+2. The Morgan fingerprint density at radius 3 is 1.75 bits per heavy atom. The summed E-state index contributed by atoms with van der Waals surface area (Å²) in [6, 6.07) is 0. The zero-order valence-corrected chi connectivity index (χ0v) is 9.71. The Kier molecular flexibility index (Phi) is 4.34. The van der Waals surface area contributed by atoms with Gasteiger partial charge in [0, 0.05) is 0 Å². The third kappa shape index (κ3) is 3.07. The van der Waals surface area contributed by atoms with Gasteiger partial charge >= 0.3 is 62.8 Å². The van der Waals surface area contributed by atoms with Crippen LogP contribution in [-0.4, -0.2) is 24.4 Å². The molecular weight excluding hydrogens is 289 g/mol. The second-order valence-electron chi connectivity index (χ2n) is 2.24. The summed E-state index contributed by atoms with van der Waals surface area (Å²) >= 11 is 1.73. The predicted octanol–water partition coefficient (Wildman–Crippen LogP) is 1.82. The van der Waals surface area contributed by atoms with E-state index in [1.807, 2.05) is 0 Å². The van der Waals surface area contributed by atoms with Gasteiger partial charge in [0.25, 0.3) is 0 Å². The van der Waals surface area contributed by atoms with Crippen molar-refractivity contribution in [3.05, 3.63) is 0 Å². The molecule has 0 saturated carbocycles. The topological polar surface area (TPSA) is 3.24 Å². The monoisotopic (exact) mass is 302 g/mol. The van der Waals surface area contributed by atoms with Crippen LogP contribution in [0, 0.1) is 0 Å². The number of nitrogens with zero attached hydrogens (tertiary/aromatic N) is 1. The van der Waals surface area contributed by atoms with Gasteiger partial charge in [0.1, 0.15) is 0 Å². The Bertz CT molecular complexity index is 80.4. The summed E-state index contributed by atoms with van der Waals surface area (Å²) in [5.74, 6) is 0. The van der Waals surface area contributed by atoms with Gasteiger partial charge in [-0.05, 0) is 0 Å². The van der Waals surface area contributed by atoms with Crippen molar-refractivity contribution in [3.63, 3.8) is 0 Å². The van der Waals surface area contributed by atoms with Crippen molar-refractivity contribution in [1.82, 2.24) is 4.67 Å². The van der Waals surface area contributed by atoms with Crippen molar-refractivity contribution in [2.45, 2.75) is 19.5 Å². The number of hydrogen-bond donors (Lipinski definition) is 0. The molecule has 1 atom stereocenters. The predicted molar refractivity (Wildman–Crippen MR) is 35.7 cm³/mol. The van der Waals surface area contributed by atoms with Crippen LogP contribution in [-0.2, 0) is 18.8 Å². The van der Waals surface area contributed by atoms with E-state index in [1.165, 1.54) is 0 Å². The Labute approximate surface area is 63.0 Å². The van der Waals surface area contributed by atoms with Gasteiger partial charge in [-0.2, -0.15) is 0 Å². The molecule has 0 heterocycles. The van der Waals surface area contributed by atoms with E-state index in [-0.39, 0.29) is 5.71 Å². The molecular formula is C5H13NPW+. The molecule has 0 aliphatic heterocycles. The molecule has 3 heteroatoms. The van der Waals surface area contributed by atoms with E-state index in [0.29, 0.717) is 0 Å². The van der Waals surface area contributed by atoms with Crippen LogP contribution in [0.3, 0.4) is 0 Å². The van der Waals surface area contributed by atoms with Crippen LogP contribution in [0.4, 0.5) is 0 Å². The van der Waals surface area contributed by atoms with Gasteiger partial charge in [0.05, 0.1) is 0 Å². The van der Waals surface area contributed by atoms with Crippen molar-refractivity contribution in [2.75, 3.05) is 14.1 Å². The molecule has 0 aromatic rings. The molecule has 1 nitrogen and oxygen atoms in total. The third-order valence-electron chi connectivity index (χ3n) is 0.836. The molecule has 0 spiro atoms. The quantitative estimate of drug-likeness (QED) is 0.703. The Hall–Kier alpha value is 0.948. The fourth-order valence-electron chi connectivity index (χ4n) is 0.462. The minimum atomic E-state index is 0.218. The van der Waals surface area contributed by atoms with Gasteiger partial charge in [0.15, 0.2) is 0 Å². The molecule has 0 aliphatic rings. The first-order valence-electron chi connectivity index (χ1n) is 2.69. The molecule has 1 unspecified atom stereocenters. The van der Waals surface area contributed by atoms with Crippen LogP contribution < -0.4 is 0 Å². The maximum atomic E-state index is 2.34. The maximum absolute atomic E-state index is 2.34. The van der Waals surface area contributed by atoms with E-state index >= 15 is 0 Å². The van der Waals surface area contributed by atoms with Crippen molar-refractivity contribution in [3.8, 4) is 0 Å². The fourth-order valence-corrected chi connectivity index (χ4v) is 1.39. The van der Waals surface area contributed by atoms with E-state index in [1.54, 1.807) is 18.8 Å². The van der Waals surface area contributed by atoms with Crippen LogP contribution in [0.15, 0.2) is 0 Å². The van der Waals surface area contributed by atoms with E-state index < -0.39 is 0 Å². The minimum absolute atomic E-state index is 0.218. The molecule has 0 bridgehead atoms. The first kappa shape index (κ1) is 8.95. The summed E-state index contributed by atoms with van der Waals surface area (Å²) in [5, 5.41) is 0. The van der Waals surface area contributed by atoms with E-state index in [9.17, 15) is 0 Å². The molecule has 0 aromatic heterocycles. The summed E-state index contributed by atoms with van der Waals surface area (Å²) in [5.41, 5.74) is 1.09. The molecule has 0 rings (SSSR count). The first-order chi connectivity index (χ1) is 3.55. The molecule has 0 fully saturated rings. The Morgan fingerprint density at radius 2 is 1.75 bits per heavy atom. The van der Waals surface area contributed by atoms with E-state index in [2.05, 4.69) is 32.6 Å². The normalized spacial score (nSPS) is 13.0. The molecule has 8 heavy (non-hydrogen) atoms. The fraction of sp³-hybridized carbons (Fsp3) is 1.00. The second kappa shape index (κ2) is 3.88. The van der Waals surface area contributed by atoms with Crippen LogP contribution >= 0.6 is 5.71 Å². The van der Waals surface area contributed by atoms with Gasteiger partial charge < -0.3 is 0 Å². The molecule has 0 saturated heterocycles. The van der Waals surface area contributed by atoms with Gasteiger partial charge in [-0.3, -0.25) is 0 Å². The third-order valence-corrected chi connectivity index (χ3v) is 10.6. The van der Waals surface area contributed by atoms with Crippen molar-refractivity contribution in [2.24, 2.45) is 0 Å². The Morgan fingerprint density at radius 1 is 1.38 bits per heavy atom. The zero-order chi connectivity index (χ0) is 6.73. The summed E-state index contributed by atoms with van der Waals surface area (Å²) in [4.78, 5) is 0. The first-order valence-corrected chi connectivity index (χ1v) is 7.91. The molecule has 0 radical (unpaired) electrons. The molecule has 0 N–H and O–H groups in total. The van der Waals surface area contributed by atoms with Gasteiger partial charge in [-0.25, -0.2) is 0 Å². The molecule has 0 amide bonds. The molecule has 0 aliphatic carbocycles. The average Bonchev–Trinajstić information content (AvgIpc) is 1.64. The van der Waals surface area contributed by atoms with Crippen LogP contribution in [0.5, 0.6) is 0 Å². The van der Waals surface area contributed by atoms with Crippen molar-refractivity contribution < 1.29 is 18.8 Å². The van der Waals surface area contributed by atoms with Gasteiger partial charge in [-0.15, -0.1) is 0 Å². The van der Waals surface area contributed by atoms with Crippen LogP contribution in [0.2, 0.25) is 0 Å². The van der Waals surface area contributed by atoms with Crippen molar-refractivity contribution >= 4 is 5.71 Å².